The largest absolute Gasteiger partial charge is 0.469 e. The van der Waals surface area contributed by atoms with E-state index in [2.05, 4.69) is 75.3 Å². The molecule has 0 fully saturated rings. The number of benzene rings is 1. The highest BCUT2D eigenvalue weighted by Gasteiger charge is 2.36. The highest BCUT2D eigenvalue weighted by Crippen LogP contribution is 2.37. The number of unbranched alkanes of at least 4 members (excludes halogenated alkanes) is 2. The molecule has 0 saturated heterocycles. The van der Waals surface area contributed by atoms with Gasteiger partial charge in [-0.1, -0.05) is 57.2 Å². The van der Waals surface area contributed by atoms with E-state index < -0.39 is 8.32 Å². The second-order valence-corrected chi connectivity index (χ2v) is 14.2. The van der Waals surface area contributed by atoms with Gasteiger partial charge in [-0.25, -0.2) is 0 Å². The van der Waals surface area contributed by atoms with Gasteiger partial charge in [0.25, 0.3) is 0 Å². The van der Waals surface area contributed by atoms with Crippen molar-refractivity contribution in [2.45, 2.75) is 71.2 Å². The van der Waals surface area contributed by atoms with Gasteiger partial charge in [-0.05, 0) is 60.2 Å². The van der Waals surface area contributed by atoms with Crippen LogP contribution in [0.1, 0.15) is 63.1 Å². The van der Waals surface area contributed by atoms with Gasteiger partial charge in [-0.2, -0.15) is 0 Å². The van der Waals surface area contributed by atoms with Crippen molar-refractivity contribution in [1.82, 2.24) is 4.98 Å². The third-order valence-electron chi connectivity index (χ3n) is 6.05. The molecular weight excluding hydrogens is 402 g/mol. The molecule has 0 aliphatic heterocycles. The number of nitrogens with zero attached hydrogens (tertiary/aromatic N) is 1. The van der Waals surface area contributed by atoms with E-state index in [1.807, 2.05) is 12.3 Å². The van der Waals surface area contributed by atoms with Gasteiger partial charge in [0.2, 0.25) is 0 Å². The molecule has 1 aromatic heterocycles. The van der Waals surface area contributed by atoms with E-state index in [0.717, 1.165) is 30.4 Å². The van der Waals surface area contributed by atoms with Gasteiger partial charge in [0.1, 0.15) is 0 Å². The predicted octanol–water partition coefficient (Wildman–Crippen LogP) is 6.77. The fourth-order valence-electron chi connectivity index (χ4n) is 2.95. The van der Waals surface area contributed by atoms with Crippen molar-refractivity contribution in [2.24, 2.45) is 0 Å². The zero-order valence-corrected chi connectivity index (χ0v) is 20.9. The summed E-state index contributed by atoms with van der Waals surface area (Å²) in [5.41, 5.74) is 4.62. The van der Waals surface area contributed by atoms with Crippen LogP contribution in [0.3, 0.4) is 0 Å². The quantitative estimate of drug-likeness (QED) is 0.233. The van der Waals surface area contributed by atoms with E-state index in [1.165, 1.54) is 18.2 Å². The van der Waals surface area contributed by atoms with Crippen molar-refractivity contribution in [3.8, 4) is 0 Å². The van der Waals surface area contributed by atoms with Crippen molar-refractivity contribution in [1.29, 1.82) is 0 Å². The lowest BCUT2D eigenvalue weighted by molar-refractivity contribution is -0.140. The Labute approximate surface area is 188 Å². The van der Waals surface area contributed by atoms with E-state index >= 15 is 0 Å². The monoisotopic (exact) mass is 439 g/mol. The fraction of sp³-hybridized carbons (Fsp3) is 0.462. The topological polar surface area (TPSA) is 48.4 Å². The van der Waals surface area contributed by atoms with Gasteiger partial charge in [-0.15, -0.1) is 0 Å². The number of carbonyl (C=O) groups is 1. The van der Waals surface area contributed by atoms with Crippen LogP contribution in [0.4, 0.5) is 0 Å². The summed E-state index contributed by atoms with van der Waals surface area (Å²) in [5, 5.41) is 0.205. The molecule has 0 aliphatic carbocycles. The van der Waals surface area contributed by atoms with Crippen molar-refractivity contribution >= 4 is 19.9 Å². The highest BCUT2D eigenvalue weighted by atomic mass is 28.4. The molecule has 0 bridgehead atoms. The molecule has 4 nitrogen and oxygen atoms in total. The Morgan fingerprint density at radius 3 is 2.35 bits per heavy atom. The number of aromatic nitrogens is 1. The third-order valence-corrected chi connectivity index (χ3v) is 10.5. The van der Waals surface area contributed by atoms with Crippen LogP contribution in [0.2, 0.25) is 18.1 Å². The molecule has 0 aliphatic rings. The number of allylic oxidation sites excluding steroid dienone is 1. The highest BCUT2D eigenvalue weighted by molar-refractivity contribution is 6.74. The maximum Gasteiger partial charge on any atom is 0.305 e. The minimum atomic E-state index is -1.76. The molecule has 0 radical (unpaired) electrons. The number of methoxy groups -OCH3 is 1. The Kier molecular flexibility index (Phi) is 9.20. The summed E-state index contributed by atoms with van der Waals surface area (Å²) in [6.45, 7) is 12.0. The first-order valence-corrected chi connectivity index (χ1v) is 14.0. The summed E-state index contributed by atoms with van der Waals surface area (Å²) < 4.78 is 11.1. The van der Waals surface area contributed by atoms with Crippen LogP contribution in [0.5, 0.6) is 0 Å². The molecule has 0 atom stereocenters. The number of pyridine rings is 1. The SMILES string of the molecule is COC(=O)CCCC/C=C(\c1ccc(CO[Si](C)(C)C(C)(C)C)cc1)c1cccnc1. The van der Waals surface area contributed by atoms with Crippen molar-refractivity contribution in [3.05, 3.63) is 71.6 Å². The van der Waals surface area contributed by atoms with Gasteiger partial charge < -0.3 is 9.16 Å². The van der Waals surface area contributed by atoms with Crippen LogP contribution in [0, 0.1) is 0 Å². The van der Waals surface area contributed by atoms with Crippen LogP contribution in [0.25, 0.3) is 5.57 Å². The Balaban J connectivity index is 2.10. The molecule has 1 heterocycles. The average Bonchev–Trinajstić information content (AvgIpc) is 2.75. The molecule has 1 aromatic carbocycles. The minimum Gasteiger partial charge on any atom is -0.469 e. The lowest BCUT2D eigenvalue weighted by Gasteiger charge is -2.36. The smallest absolute Gasteiger partial charge is 0.305 e. The maximum atomic E-state index is 11.3. The summed E-state index contributed by atoms with van der Waals surface area (Å²) in [7, 11) is -0.331. The molecule has 5 heteroatoms. The Hall–Kier alpha value is -2.24. The van der Waals surface area contributed by atoms with Crippen LogP contribution in [-0.4, -0.2) is 26.4 Å². The van der Waals surface area contributed by atoms with E-state index in [0.29, 0.717) is 13.0 Å². The minimum absolute atomic E-state index is 0.146. The second-order valence-electron chi connectivity index (χ2n) is 9.43. The summed E-state index contributed by atoms with van der Waals surface area (Å²) in [6, 6.07) is 12.7. The molecule has 0 unspecified atom stereocenters. The molecule has 0 amide bonds. The van der Waals surface area contributed by atoms with E-state index in [-0.39, 0.29) is 11.0 Å². The lowest BCUT2D eigenvalue weighted by atomic mass is 9.96. The zero-order valence-electron chi connectivity index (χ0n) is 19.9. The number of esters is 1. The standard InChI is InChI=1S/C26H37NO3Si/c1-26(2,3)31(5,6)30-20-21-14-16-22(17-15-21)24(23-11-10-18-27-19-23)12-8-7-9-13-25(28)29-4/h10-12,14-19H,7-9,13,20H2,1-6H3/b24-12+. The van der Waals surface area contributed by atoms with Gasteiger partial charge in [0.15, 0.2) is 8.32 Å². The molecule has 0 saturated carbocycles. The van der Waals surface area contributed by atoms with E-state index in [1.54, 1.807) is 6.20 Å². The van der Waals surface area contributed by atoms with Crippen LogP contribution >= 0.6 is 0 Å². The number of rotatable bonds is 10. The van der Waals surface area contributed by atoms with Gasteiger partial charge in [0, 0.05) is 24.4 Å². The molecule has 31 heavy (non-hydrogen) atoms. The van der Waals surface area contributed by atoms with Crippen molar-refractivity contribution in [2.75, 3.05) is 7.11 Å². The average molecular weight is 440 g/mol. The summed E-state index contributed by atoms with van der Waals surface area (Å²) in [4.78, 5) is 15.6. The van der Waals surface area contributed by atoms with Crippen molar-refractivity contribution < 1.29 is 14.0 Å². The molecule has 2 aromatic rings. The Morgan fingerprint density at radius 1 is 1.06 bits per heavy atom. The van der Waals surface area contributed by atoms with Crippen LogP contribution in [0.15, 0.2) is 54.9 Å². The number of ether oxygens (including phenoxy) is 1. The van der Waals surface area contributed by atoms with Crippen LogP contribution in [-0.2, 0) is 20.6 Å². The Bertz CT molecular complexity index is 852. The number of hydrogen-bond acceptors (Lipinski definition) is 4. The number of carbonyl (C=O) groups excluding carboxylic acids is 1. The van der Waals surface area contributed by atoms with Gasteiger partial charge in [0.05, 0.1) is 13.7 Å². The first-order chi connectivity index (χ1) is 14.6. The van der Waals surface area contributed by atoms with Crippen molar-refractivity contribution in [3.63, 3.8) is 0 Å². The number of hydrogen-bond donors (Lipinski definition) is 0. The van der Waals surface area contributed by atoms with E-state index in [9.17, 15) is 4.79 Å². The molecule has 0 spiro atoms. The van der Waals surface area contributed by atoms with E-state index in [4.69, 9.17) is 9.16 Å². The normalized spacial score (nSPS) is 12.6. The summed E-state index contributed by atoms with van der Waals surface area (Å²) in [5.74, 6) is -0.146. The van der Waals surface area contributed by atoms with Gasteiger partial charge in [-0.3, -0.25) is 9.78 Å². The predicted molar refractivity (Wildman–Crippen MR) is 130 cm³/mol. The lowest BCUT2D eigenvalue weighted by Crippen LogP contribution is -2.40. The molecular formula is C26H37NO3Si. The fourth-order valence-corrected chi connectivity index (χ4v) is 3.91. The van der Waals surface area contributed by atoms with Crippen LogP contribution < -0.4 is 0 Å². The van der Waals surface area contributed by atoms with Gasteiger partial charge >= 0.3 is 5.97 Å². The zero-order chi connectivity index (χ0) is 22.9. The molecule has 0 N–H and O–H groups in total. The first kappa shape index (κ1) is 25.0. The third kappa shape index (κ3) is 7.75. The Morgan fingerprint density at radius 2 is 1.77 bits per heavy atom. The summed E-state index contributed by atoms with van der Waals surface area (Å²) >= 11 is 0. The second kappa shape index (κ2) is 11.4. The molecule has 2 rings (SSSR count). The summed E-state index contributed by atoms with van der Waals surface area (Å²) in [6.07, 6.45) is 9.07. The maximum absolute atomic E-state index is 11.3. The molecule has 168 valence electrons. The first-order valence-electron chi connectivity index (χ1n) is 11.0.